The number of carboxylic acid groups (broad SMARTS) is 1. The molecule has 1 aromatic heterocycles. The van der Waals surface area contributed by atoms with E-state index in [0.29, 0.717) is 24.2 Å². The van der Waals surface area contributed by atoms with Crippen molar-refractivity contribution in [2.75, 3.05) is 26.4 Å². The van der Waals surface area contributed by atoms with Gasteiger partial charge in [-0.1, -0.05) is 148 Å². The highest BCUT2D eigenvalue weighted by atomic mass is 16.6. The minimum Gasteiger partial charge on any atom is -0.490 e. The van der Waals surface area contributed by atoms with Crippen LogP contribution < -0.4 is 26.4 Å². The van der Waals surface area contributed by atoms with E-state index in [1.165, 1.54) is 26.0 Å². The molecule has 2 amide bonds. The number of aliphatic hydroxyl groups excluding tert-OH is 4. The Morgan fingerprint density at radius 1 is 0.796 bits per heavy atom. The van der Waals surface area contributed by atoms with Crippen molar-refractivity contribution in [3.8, 4) is 5.75 Å². The van der Waals surface area contributed by atoms with Crippen LogP contribution in [0.2, 0.25) is 0 Å². The fourth-order valence-electron chi connectivity index (χ4n) is 14.9. The number of carbonyl (C=O) groups is 8. The quantitative estimate of drug-likeness (QED) is 0.00678. The number of aliphatic carboxylic acids is 1. The molecule has 12 N–H and O–H groups in total. The lowest BCUT2D eigenvalue weighted by molar-refractivity contribution is -0.346. The monoisotopic (exact) mass is 1490 g/mol. The van der Waals surface area contributed by atoms with Crippen molar-refractivity contribution in [1.29, 1.82) is 0 Å². The zero-order chi connectivity index (χ0) is 78.8. The third kappa shape index (κ3) is 17.4. The van der Waals surface area contributed by atoms with Crippen LogP contribution in [0.25, 0.3) is 32.2 Å². The van der Waals surface area contributed by atoms with E-state index in [0.717, 1.165) is 47.0 Å². The summed E-state index contributed by atoms with van der Waals surface area (Å²) in [5, 5.41) is 79.6. The zero-order valence-electron chi connectivity index (χ0n) is 61.7. The average molecular weight is 1490 g/mol. The molecular weight excluding hydrogens is 1390 g/mol. The normalized spacial score (nSPS) is 24.0. The first-order valence-corrected chi connectivity index (χ1v) is 35.4. The Hall–Kier alpha value is -10.4. The summed E-state index contributed by atoms with van der Waals surface area (Å²) in [7, 11) is 0. The van der Waals surface area contributed by atoms with Crippen molar-refractivity contribution in [2.24, 2.45) is 33.5 Å². The molecule has 6 aromatic carbocycles. The number of hydrogen-bond donors (Lipinski definition) is 11. The summed E-state index contributed by atoms with van der Waals surface area (Å²) in [6, 6.07) is 42.3. The molecule has 3 aliphatic carbocycles. The van der Waals surface area contributed by atoms with E-state index in [1.807, 2.05) is 76.2 Å². The molecule has 0 spiro atoms. The van der Waals surface area contributed by atoms with Crippen molar-refractivity contribution in [2.45, 2.75) is 166 Å². The number of nitrogens with one attached hydrogen (secondary N) is 4. The molecule has 1 aliphatic heterocycles. The van der Waals surface area contributed by atoms with Gasteiger partial charge in [-0.15, -0.1) is 0 Å². The number of ether oxygens (including phenoxy) is 6. The molecule has 11 rings (SSSR count). The van der Waals surface area contributed by atoms with Crippen molar-refractivity contribution in [3.05, 3.63) is 202 Å². The van der Waals surface area contributed by atoms with Crippen LogP contribution in [0.1, 0.15) is 126 Å². The van der Waals surface area contributed by atoms with Gasteiger partial charge in [0.25, 0.3) is 5.91 Å². The summed E-state index contributed by atoms with van der Waals surface area (Å²) in [5.41, 5.74) is 10.1. The number of Topliss-reactive ketones (excluding diaryl/α,β-unsaturated/α-hetero) is 1. The molecule has 14 atom stereocenters. The molecule has 2 saturated carbocycles. The fraction of sp³-hybridized carbons (Fsp3) is 0.425. The molecule has 108 heavy (non-hydrogen) atoms. The number of benzene rings is 6. The second-order valence-electron chi connectivity index (χ2n) is 29.2. The second kappa shape index (κ2) is 34.2. The van der Waals surface area contributed by atoms with Gasteiger partial charge in [0.15, 0.2) is 23.6 Å². The molecular formula is C80H94N8O20. The molecule has 0 radical (unpaired) electrons. The number of fused-ring (bicyclic) bond motifs is 8. The van der Waals surface area contributed by atoms with Gasteiger partial charge in [-0.3, -0.25) is 24.0 Å². The number of aliphatic hydroxyl groups is 5. The highest BCUT2D eigenvalue weighted by Gasteiger charge is 2.78. The molecule has 2 heterocycles. The van der Waals surface area contributed by atoms with Gasteiger partial charge in [0.1, 0.15) is 54.5 Å². The maximum atomic E-state index is 15.5. The number of hydrogen-bond acceptors (Lipinski definition) is 22. The van der Waals surface area contributed by atoms with Gasteiger partial charge >= 0.3 is 29.8 Å². The van der Waals surface area contributed by atoms with Gasteiger partial charge in [-0.2, -0.15) is 0 Å². The minimum atomic E-state index is -2.39. The van der Waals surface area contributed by atoms with E-state index in [2.05, 4.69) is 37.0 Å². The van der Waals surface area contributed by atoms with Crippen LogP contribution in [0.15, 0.2) is 174 Å². The molecule has 1 unspecified atom stereocenters. The highest BCUT2D eigenvalue weighted by molar-refractivity contribution is 6.10. The van der Waals surface area contributed by atoms with Crippen molar-refractivity contribution in [1.82, 2.24) is 20.9 Å². The summed E-state index contributed by atoms with van der Waals surface area (Å²) in [6.45, 7) is 15.8. The zero-order valence-corrected chi connectivity index (χ0v) is 61.7. The molecule has 574 valence electrons. The van der Waals surface area contributed by atoms with E-state index in [4.69, 9.17) is 49.9 Å². The molecule has 2 bridgehead atoms. The second-order valence-corrected chi connectivity index (χ2v) is 29.2. The number of para-hydroxylation sites is 1. The number of esters is 4. The van der Waals surface area contributed by atoms with Crippen molar-refractivity contribution >= 4 is 74.9 Å². The van der Waals surface area contributed by atoms with Gasteiger partial charge < -0.3 is 85.7 Å². The number of aromatic amines is 1. The predicted octanol–water partition coefficient (Wildman–Crippen LogP) is 8.18. The number of rotatable bonds is 24. The standard InChI is InChI=1S/C47H51NO14.C24H25N5O2.C9H18N2O4/c1-25-31(60-43(56)36(52)35(28-16-10-7-11-17-28)48-41(54)29-18-12-8-13-19-29)23-47(57)40(61-42(55)30-20-14-9-15-21-30)38-45(6,32(51)22-33-46(38,24-58-33)62-27(3)50)39(53)37(59-26(2)49)34(25)44(47,4)5;1-24(2,16-10-12-17(13-11-16)28-29-25)26-14-18(30)15-31-22-9-5-8-21-23(22)19-6-3-4-7-20(19)27-21;1-5(2)3-7(9(14)15)11-8(13)6(10)4-12/h7-21,31-33,35-38,40,51-52,57H,22-24H2,1-6H3,(H,48,54);3-13,18,26-27,30H,14-15H2,1-2H3;5-7,12H,3-4,10H2,1-2H3,(H,11,13)(H,14,15)/t31-,32-,33+,35-,36+,37+,38-,40-,45+,46-,47+;;6-,7-/m0.0/s1. The summed E-state index contributed by atoms with van der Waals surface area (Å²) in [4.78, 5) is 112. The van der Waals surface area contributed by atoms with E-state index in [9.17, 15) is 54.0 Å². The number of carbonyl (C=O) groups excluding carboxylic acids is 7. The molecule has 28 heteroatoms. The van der Waals surface area contributed by atoms with E-state index >= 15 is 4.79 Å². The number of aromatic nitrogens is 1. The molecule has 3 fully saturated rings. The van der Waals surface area contributed by atoms with Crippen molar-refractivity contribution in [3.63, 3.8) is 0 Å². The first-order chi connectivity index (χ1) is 51.1. The SMILES string of the molecule is CC(=O)O[C@H]1C(=O)[C@@]2(C)[C@H]([C@H](OC(=O)c3ccccc3)[C@]3(O)C[C@H](OC(=O)[C@H](O)[C@@H](NC(=O)c4ccccc4)c4ccccc4)C(C)=C1C3(C)C)[C@]1(OC(C)=O)CO[C@@H]1C[C@@H]2O.CC(C)(NCC(O)COc1cccc2[nH]c3ccccc3c12)c1ccc(N=[N+]=[N-])cc1.CC(C)C[C@H](NC(=O)[C@@H](N)CO)C(=O)O. The van der Waals surface area contributed by atoms with Gasteiger partial charge in [-0.25, -0.2) is 14.4 Å². The van der Waals surface area contributed by atoms with Crippen LogP contribution in [-0.4, -0.2) is 175 Å². The Morgan fingerprint density at radius 2 is 1.41 bits per heavy atom. The van der Waals surface area contributed by atoms with Crippen LogP contribution >= 0.6 is 0 Å². The molecule has 1 saturated heterocycles. The van der Waals surface area contributed by atoms with Crippen LogP contribution in [-0.2, 0) is 58.0 Å². The average Bonchev–Trinajstić information content (AvgIpc) is 0.745. The smallest absolute Gasteiger partial charge is 0.338 e. The molecule has 4 aliphatic rings. The third-order valence-corrected chi connectivity index (χ3v) is 20.8. The maximum Gasteiger partial charge on any atom is 0.338 e. The minimum absolute atomic E-state index is 0.00289. The Kier molecular flexibility index (Phi) is 25.9. The lowest BCUT2D eigenvalue weighted by atomic mass is 9.44. The lowest BCUT2D eigenvalue weighted by Crippen LogP contribution is -2.82. The molecule has 7 aromatic rings. The van der Waals surface area contributed by atoms with Gasteiger partial charge in [0.05, 0.1) is 47.8 Å². The van der Waals surface area contributed by atoms with Crippen LogP contribution in [0.3, 0.4) is 0 Å². The number of nitrogens with zero attached hydrogens (tertiary/aromatic N) is 3. The number of azide groups is 1. The van der Waals surface area contributed by atoms with Crippen LogP contribution in [0.5, 0.6) is 5.75 Å². The van der Waals surface area contributed by atoms with Gasteiger partial charge in [0, 0.05) is 76.6 Å². The summed E-state index contributed by atoms with van der Waals surface area (Å²) >= 11 is 0. The summed E-state index contributed by atoms with van der Waals surface area (Å²) in [6.07, 6.45) is -10.9. The summed E-state index contributed by atoms with van der Waals surface area (Å²) < 4.78 is 36.3. The largest absolute Gasteiger partial charge is 0.490 e. The number of ketones is 1. The van der Waals surface area contributed by atoms with E-state index < -0.39 is 149 Å². The Morgan fingerprint density at radius 3 is 1.99 bits per heavy atom. The van der Waals surface area contributed by atoms with E-state index in [-0.39, 0.29) is 53.4 Å². The third-order valence-electron chi connectivity index (χ3n) is 20.8. The first-order valence-electron chi connectivity index (χ1n) is 35.4. The van der Waals surface area contributed by atoms with E-state index in [1.54, 1.807) is 105 Å². The van der Waals surface area contributed by atoms with Crippen molar-refractivity contribution < 1.29 is 97.4 Å². The Balaban J connectivity index is 0.000000240. The van der Waals surface area contributed by atoms with Crippen LogP contribution in [0, 0.1) is 22.7 Å². The fourth-order valence-corrected chi connectivity index (χ4v) is 14.9. The maximum absolute atomic E-state index is 15.5. The van der Waals surface area contributed by atoms with Crippen LogP contribution in [0.4, 0.5) is 5.69 Å². The van der Waals surface area contributed by atoms with Gasteiger partial charge in [0.2, 0.25) is 5.91 Å². The first kappa shape index (κ1) is 81.7. The summed E-state index contributed by atoms with van der Waals surface area (Å²) in [5.74, 6) is -7.68. The highest BCUT2D eigenvalue weighted by Crippen LogP contribution is 2.64. The Bertz CT molecular complexity index is 4490. The molecule has 28 nitrogen and oxygen atoms in total. The Labute approximate surface area is 623 Å². The number of nitrogens with two attached hydrogens (primary N) is 1. The number of amides is 2. The van der Waals surface area contributed by atoms with Gasteiger partial charge in [-0.05, 0) is 110 Å². The number of carboxylic acids is 1. The lowest BCUT2D eigenvalue weighted by Gasteiger charge is -2.67. The topological polar surface area (TPSA) is 440 Å². The number of H-pyrrole nitrogens is 1. The predicted molar refractivity (Wildman–Crippen MR) is 395 cm³/mol.